The third-order valence-corrected chi connectivity index (χ3v) is 5.51. The smallest absolute Gasteiger partial charge is 0.236 e. The Kier molecular flexibility index (Phi) is 6.13. The molecular weight excluding hydrogens is 312 g/mol. The summed E-state index contributed by atoms with van der Waals surface area (Å²) in [4.78, 5) is 16.9. The molecule has 138 valence electrons. The number of carbonyl (C=O) groups is 1. The molecule has 2 heterocycles. The van der Waals surface area contributed by atoms with Gasteiger partial charge in [-0.1, -0.05) is 30.3 Å². The van der Waals surface area contributed by atoms with Gasteiger partial charge in [0, 0.05) is 26.2 Å². The number of nitrogens with zero attached hydrogens (tertiary/aromatic N) is 2. The fourth-order valence-corrected chi connectivity index (χ4v) is 4.03. The van der Waals surface area contributed by atoms with Crippen molar-refractivity contribution in [2.75, 3.05) is 39.3 Å². The van der Waals surface area contributed by atoms with Crippen molar-refractivity contribution < 1.29 is 9.53 Å². The molecule has 1 aromatic carbocycles. The average molecular weight is 344 g/mol. The van der Waals surface area contributed by atoms with Crippen LogP contribution in [0.2, 0.25) is 0 Å². The lowest BCUT2D eigenvalue weighted by Crippen LogP contribution is -2.52. The molecule has 0 radical (unpaired) electrons. The monoisotopic (exact) mass is 344 g/mol. The molecule has 2 fully saturated rings. The number of ether oxygens (including phenoxy) is 1. The fraction of sp³-hybridized carbons (Fsp3) is 0.667. The van der Waals surface area contributed by atoms with E-state index in [4.69, 9.17) is 4.74 Å². The molecule has 2 aliphatic rings. The van der Waals surface area contributed by atoms with E-state index in [0.717, 1.165) is 58.0 Å². The van der Waals surface area contributed by atoms with E-state index in [1.807, 2.05) is 0 Å². The van der Waals surface area contributed by atoms with Crippen molar-refractivity contribution in [1.82, 2.24) is 9.80 Å². The van der Waals surface area contributed by atoms with E-state index < -0.39 is 0 Å². The van der Waals surface area contributed by atoms with Gasteiger partial charge in [-0.25, -0.2) is 0 Å². The molecule has 4 nitrogen and oxygen atoms in total. The van der Waals surface area contributed by atoms with Crippen molar-refractivity contribution in [3.8, 4) is 0 Å². The van der Waals surface area contributed by atoms with Gasteiger partial charge < -0.3 is 9.64 Å². The largest absolute Gasteiger partial charge is 0.373 e. The van der Waals surface area contributed by atoms with Gasteiger partial charge in [-0.15, -0.1) is 0 Å². The molecule has 2 saturated heterocycles. The first-order valence-corrected chi connectivity index (χ1v) is 9.70. The Morgan fingerprint density at radius 1 is 1.16 bits per heavy atom. The summed E-state index contributed by atoms with van der Waals surface area (Å²) >= 11 is 0. The van der Waals surface area contributed by atoms with Crippen LogP contribution in [0, 0.1) is 5.92 Å². The lowest BCUT2D eigenvalue weighted by atomic mass is 9.90. The van der Waals surface area contributed by atoms with Crippen LogP contribution in [0.1, 0.15) is 38.7 Å². The summed E-state index contributed by atoms with van der Waals surface area (Å²) in [7, 11) is 0. The Morgan fingerprint density at radius 3 is 2.56 bits per heavy atom. The van der Waals surface area contributed by atoms with Crippen LogP contribution in [0.15, 0.2) is 30.3 Å². The summed E-state index contributed by atoms with van der Waals surface area (Å²) in [6.45, 7) is 9.01. The van der Waals surface area contributed by atoms with Gasteiger partial charge in [-0.05, 0) is 51.0 Å². The van der Waals surface area contributed by atoms with Crippen LogP contribution in [-0.2, 0) is 16.0 Å². The summed E-state index contributed by atoms with van der Waals surface area (Å²) in [6.07, 6.45) is 4.69. The molecule has 0 atom stereocenters. The number of benzene rings is 1. The topological polar surface area (TPSA) is 32.8 Å². The van der Waals surface area contributed by atoms with E-state index in [-0.39, 0.29) is 5.60 Å². The van der Waals surface area contributed by atoms with Gasteiger partial charge >= 0.3 is 0 Å². The fourth-order valence-electron chi connectivity index (χ4n) is 4.03. The van der Waals surface area contributed by atoms with Crippen LogP contribution in [0.25, 0.3) is 0 Å². The summed E-state index contributed by atoms with van der Waals surface area (Å²) in [5, 5.41) is 0. The van der Waals surface area contributed by atoms with Gasteiger partial charge in [0.15, 0.2) is 0 Å². The van der Waals surface area contributed by atoms with E-state index >= 15 is 0 Å². The highest BCUT2D eigenvalue weighted by atomic mass is 16.5. The van der Waals surface area contributed by atoms with Gasteiger partial charge in [0.2, 0.25) is 5.91 Å². The quantitative estimate of drug-likeness (QED) is 0.823. The lowest BCUT2D eigenvalue weighted by molar-refractivity contribution is -0.138. The average Bonchev–Trinajstić information content (AvgIpc) is 2.60. The Bertz CT molecular complexity index is 550. The predicted octanol–water partition coefficient (Wildman–Crippen LogP) is 2.97. The summed E-state index contributed by atoms with van der Waals surface area (Å²) in [6, 6.07) is 10.7. The van der Waals surface area contributed by atoms with Gasteiger partial charge in [0.05, 0.1) is 18.8 Å². The molecule has 2 aliphatic heterocycles. The minimum Gasteiger partial charge on any atom is -0.373 e. The zero-order valence-corrected chi connectivity index (χ0v) is 15.7. The molecule has 0 aliphatic carbocycles. The summed E-state index contributed by atoms with van der Waals surface area (Å²) < 4.78 is 5.73. The number of aryl methyl sites for hydroxylation is 1. The number of hydrogen-bond donors (Lipinski definition) is 0. The van der Waals surface area contributed by atoms with Gasteiger partial charge in [0.1, 0.15) is 0 Å². The van der Waals surface area contributed by atoms with Gasteiger partial charge in [0.25, 0.3) is 0 Å². The number of carbonyl (C=O) groups excluding carboxylic acids is 1. The second-order valence-corrected chi connectivity index (χ2v) is 8.17. The summed E-state index contributed by atoms with van der Waals surface area (Å²) in [5.41, 5.74) is 1.29. The van der Waals surface area contributed by atoms with E-state index in [2.05, 4.69) is 54.0 Å². The molecule has 1 aromatic rings. The molecule has 0 N–H and O–H groups in total. The molecule has 1 amide bonds. The van der Waals surface area contributed by atoms with E-state index in [0.29, 0.717) is 12.5 Å². The third-order valence-electron chi connectivity index (χ3n) is 5.51. The van der Waals surface area contributed by atoms with Crippen LogP contribution >= 0.6 is 0 Å². The van der Waals surface area contributed by atoms with Crippen molar-refractivity contribution in [2.45, 2.75) is 45.1 Å². The van der Waals surface area contributed by atoms with Crippen LogP contribution in [0.4, 0.5) is 0 Å². The van der Waals surface area contributed by atoms with Gasteiger partial charge in [-0.2, -0.15) is 0 Å². The van der Waals surface area contributed by atoms with Crippen LogP contribution in [0.3, 0.4) is 0 Å². The van der Waals surface area contributed by atoms with Crippen molar-refractivity contribution >= 4 is 5.91 Å². The van der Waals surface area contributed by atoms with Crippen molar-refractivity contribution in [3.05, 3.63) is 35.9 Å². The molecule has 0 bridgehead atoms. The van der Waals surface area contributed by atoms with Crippen molar-refractivity contribution in [1.29, 1.82) is 0 Å². The molecule has 0 spiro atoms. The minimum atomic E-state index is -0.136. The van der Waals surface area contributed by atoms with E-state index in [1.54, 1.807) is 0 Å². The number of morpholine rings is 1. The van der Waals surface area contributed by atoms with Crippen LogP contribution in [-0.4, -0.2) is 60.6 Å². The minimum absolute atomic E-state index is 0.136. The highest BCUT2D eigenvalue weighted by Crippen LogP contribution is 2.23. The molecule has 25 heavy (non-hydrogen) atoms. The van der Waals surface area contributed by atoms with Gasteiger partial charge in [-0.3, -0.25) is 9.69 Å². The lowest BCUT2D eigenvalue weighted by Gasteiger charge is -2.39. The van der Waals surface area contributed by atoms with Crippen LogP contribution in [0.5, 0.6) is 0 Å². The molecule has 3 rings (SSSR count). The number of piperidine rings is 1. The first-order chi connectivity index (χ1) is 12.0. The maximum Gasteiger partial charge on any atom is 0.236 e. The molecule has 0 unspecified atom stereocenters. The van der Waals surface area contributed by atoms with E-state index in [9.17, 15) is 4.79 Å². The first kappa shape index (κ1) is 18.4. The zero-order chi connectivity index (χ0) is 17.7. The maximum absolute atomic E-state index is 12.6. The number of rotatable bonds is 5. The predicted molar refractivity (Wildman–Crippen MR) is 101 cm³/mol. The highest BCUT2D eigenvalue weighted by Gasteiger charge is 2.30. The van der Waals surface area contributed by atoms with Crippen LogP contribution < -0.4 is 0 Å². The Hall–Kier alpha value is -1.39. The molecule has 0 saturated carbocycles. The third kappa shape index (κ3) is 5.55. The Balaban J connectivity index is 1.39. The molecule has 4 heteroatoms. The number of hydrogen-bond acceptors (Lipinski definition) is 3. The normalized spacial score (nSPS) is 22.1. The summed E-state index contributed by atoms with van der Waals surface area (Å²) in [5.74, 6) is 1.05. The second-order valence-electron chi connectivity index (χ2n) is 8.17. The van der Waals surface area contributed by atoms with Crippen molar-refractivity contribution in [2.24, 2.45) is 5.92 Å². The first-order valence-electron chi connectivity index (χ1n) is 9.70. The molecular formula is C21H32N2O2. The molecule has 0 aromatic heterocycles. The number of amides is 1. The maximum atomic E-state index is 12.6. The van der Waals surface area contributed by atoms with Crippen molar-refractivity contribution in [3.63, 3.8) is 0 Å². The number of likely N-dealkylation sites (tertiary alicyclic amines) is 1. The SMILES string of the molecule is CC1(C)CN(CC(=O)N2CCC(CCc3ccccc3)CC2)CCO1. The second kappa shape index (κ2) is 8.33. The van der Waals surface area contributed by atoms with E-state index in [1.165, 1.54) is 12.0 Å². The Labute approximate surface area is 152 Å². The Morgan fingerprint density at radius 2 is 1.88 bits per heavy atom. The zero-order valence-electron chi connectivity index (χ0n) is 15.7. The standard InChI is InChI=1S/C21H32N2O2/c1-21(2)17-22(14-15-25-21)16-20(24)23-12-10-19(11-13-23)9-8-18-6-4-3-5-7-18/h3-7,19H,8-17H2,1-2H3. The highest BCUT2D eigenvalue weighted by molar-refractivity contribution is 5.78.